The van der Waals surface area contributed by atoms with E-state index in [0.717, 1.165) is 43.3 Å². The highest BCUT2D eigenvalue weighted by atomic mass is 16.5. The Morgan fingerprint density at radius 2 is 2.00 bits per heavy atom. The van der Waals surface area contributed by atoms with E-state index in [9.17, 15) is 0 Å². The summed E-state index contributed by atoms with van der Waals surface area (Å²) in [5, 5.41) is 0. The van der Waals surface area contributed by atoms with E-state index in [1.54, 1.807) is 7.11 Å². The van der Waals surface area contributed by atoms with Gasteiger partial charge in [0, 0.05) is 38.2 Å². The van der Waals surface area contributed by atoms with E-state index >= 15 is 0 Å². The highest BCUT2D eigenvalue weighted by Gasteiger charge is 2.28. The first-order valence-corrected chi connectivity index (χ1v) is 7.13. The molecule has 1 aliphatic heterocycles. The number of nitrogens with zero attached hydrogens (tertiary/aromatic N) is 3. The number of hydrogen-bond acceptors (Lipinski definition) is 5. The maximum Gasteiger partial charge on any atom is 0.134 e. The Kier molecular flexibility index (Phi) is 3.66. The molecule has 2 fully saturated rings. The molecular weight excluding hydrogens is 240 g/mol. The molecule has 1 saturated carbocycles. The molecule has 104 valence electrons. The topological polar surface area (TPSA) is 64.3 Å². The van der Waals surface area contributed by atoms with Crippen molar-refractivity contribution < 1.29 is 4.74 Å². The Morgan fingerprint density at radius 1 is 1.26 bits per heavy atom. The summed E-state index contributed by atoms with van der Waals surface area (Å²) in [7, 11) is 1.71. The lowest BCUT2D eigenvalue weighted by Gasteiger charge is -2.31. The first-order chi connectivity index (χ1) is 9.26. The van der Waals surface area contributed by atoms with Crippen LogP contribution in [0.15, 0.2) is 6.07 Å². The molecule has 0 atom stereocenters. The fourth-order valence-electron chi connectivity index (χ4n) is 2.54. The highest BCUT2D eigenvalue weighted by molar-refractivity contribution is 5.41. The molecule has 2 heterocycles. The van der Waals surface area contributed by atoms with E-state index in [4.69, 9.17) is 15.5 Å². The summed E-state index contributed by atoms with van der Waals surface area (Å²) in [6.07, 6.45) is 4.53. The molecule has 3 rings (SSSR count). The number of piperidine rings is 1. The third-order valence-corrected chi connectivity index (χ3v) is 3.88. The second-order valence-electron chi connectivity index (χ2n) is 5.61. The monoisotopic (exact) mass is 262 g/mol. The quantitative estimate of drug-likeness (QED) is 0.889. The first kappa shape index (κ1) is 12.8. The number of ether oxygens (including phenoxy) is 1. The minimum Gasteiger partial charge on any atom is -0.378 e. The van der Waals surface area contributed by atoms with Crippen molar-refractivity contribution >= 4 is 5.82 Å². The van der Waals surface area contributed by atoms with Crippen LogP contribution in [0.25, 0.3) is 0 Å². The third-order valence-electron chi connectivity index (χ3n) is 3.88. The summed E-state index contributed by atoms with van der Waals surface area (Å²) >= 11 is 0. The van der Waals surface area contributed by atoms with Crippen molar-refractivity contribution in [1.29, 1.82) is 0 Å². The van der Waals surface area contributed by atoms with Gasteiger partial charge in [-0.05, 0) is 25.7 Å². The fraction of sp³-hybridized carbons (Fsp3) is 0.714. The number of hydrogen-bond donors (Lipinski definition) is 1. The molecule has 1 aliphatic carbocycles. The van der Waals surface area contributed by atoms with E-state index in [2.05, 4.69) is 16.0 Å². The summed E-state index contributed by atoms with van der Waals surface area (Å²) in [4.78, 5) is 11.7. The van der Waals surface area contributed by atoms with Crippen LogP contribution in [0.3, 0.4) is 0 Å². The first-order valence-electron chi connectivity index (χ1n) is 7.13. The molecule has 2 N–H and O–H groups in total. The van der Waals surface area contributed by atoms with E-state index in [1.165, 1.54) is 12.8 Å². The van der Waals surface area contributed by atoms with Gasteiger partial charge in [-0.1, -0.05) is 0 Å². The lowest BCUT2D eigenvalue weighted by atomic mass is 10.1. The predicted molar refractivity (Wildman–Crippen MR) is 74.1 cm³/mol. The molecule has 0 aromatic carbocycles. The Bertz CT molecular complexity index is 439. The normalized spacial score (nSPS) is 20.8. The van der Waals surface area contributed by atoms with Gasteiger partial charge >= 0.3 is 0 Å². The van der Waals surface area contributed by atoms with Gasteiger partial charge in [0.2, 0.25) is 0 Å². The molecule has 2 aliphatic rings. The van der Waals surface area contributed by atoms with Crippen molar-refractivity contribution in [1.82, 2.24) is 9.97 Å². The number of aromatic nitrogens is 2. The molecule has 0 amide bonds. The molecule has 1 aromatic rings. The van der Waals surface area contributed by atoms with Crippen molar-refractivity contribution in [2.45, 2.75) is 44.2 Å². The number of anilines is 1. The van der Waals surface area contributed by atoms with E-state index in [0.29, 0.717) is 18.6 Å². The van der Waals surface area contributed by atoms with Crippen LogP contribution in [0, 0.1) is 0 Å². The van der Waals surface area contributed by atoms with Gasteiger partial charge in [-0.15, -0.1) is 0 Å². The maximum absolute atomic E-state index is 5.96. The zero-order valence-corrected chi connectivity index (χ0v) is 11.5. The van der Waals surface area contributed by atoms with Crippen LogP contribution in [0.2, 0.25) is 0 Å². The molecule has 5 heteroatoms. The van der Waals surface area contributed by atoms with E-state index in [1.807, 2.05) is 0 Å². The molecule has 1 aromatic heterocycles. The van der Waals surface area contributed by atoms with Crippen LogP contribution in [-0.2, 0) is 11.3 Å². The van der Waals surface area contributed by atoms with Crippen LogP contribution < -0.4 is 10.6 Å². The zero-order valence-electron chi connectivity index (χ0n) is 11.5. The van der Waals surface area contributed by atoms with Gasteiger partial charge in [-0.25, -0.2) is 9.97 Å². The minimum atomic E-state index is 0.347. The molecule has 5 nitrogen and oxygen atoms in total. The third kappa shape index (κ3) is 3.04. The molecule has 0 unspecified atom stereocenters. The van der Waals surface area contributed by atoms with Crippen molar-refractivity contribution in [2.24, 2.45) is 5.73 Å². The summed E-state index contributed by atoms with van der Waals surface area (Å²) in [6, 6.07) is 2.41. The van der Waals surface area contributed by atoms with Crippen LogP contribution in [0.1, 0.15) is 43.1 Å². The predicted octanol–water partition coefficient (Wildman–Crippen LogP) is 1.43. The smallest absolute Gasteiger partial charge is 0.134 e. The van der Waals surface area contributed by atoms with Crippen LogP contribution in [0.5, 0.6) is 0 Å². The maximum atomic E-state index is 5.96. The van der Waals surface area contributed by atoms with E-state index in [-0.39, 0.29) is 0 Å². The fourth-order valence-corrected chi connectivity index (χ4v) is 2.54. The lowest BCUT2D eigenvalue weighted by molar-refractivity contribution is 0.181. The second kappa shape index (κ2) is 5.43. The van der Waals surface area contributed by atoms with Gasteiger partial charge in [0.25, 0.3) is 0 Å². The molecule has 0 bridgehead atoms. The minimum absolute atomic E-state index is 0.347. The van der Waals surface area contributed by atoms with Crippen molar-refractivity contribution in [3.05, 3.63) is 17.6 Å². The average Bonchev–Trinajstić information content (AvgIpc) is 3.24. The Hall–Kier alpha value is -1.20. The Labute approximate surface area is 114 Å². The SMILES string of the molecule is COCc1cc(N2CCC(N)CC2)nc(C2CC2)n1. The van der Waals surface area contributed by atoms with Crippen LogP contribution >= 0.6 is 0 Å². The summed E-state index contributed by atoms with van der Waals surface area (Å²) < 4.78 is 5.21. The number of methoxy groups -OCH3 is 1. The van der Waals surface area contributed by atoms with Gasteiger partial charge < -0.3 is 15.4 Å². The average molecular weight is 262 g/mol. The van der Waals surface area contributed by atoms with Gasteiger partial charge in [0.05, 0.1) is 12.3 Å². The summed E-state index contributed by atoms with van der Waals surface area (Å²) in [5.41, 5.74) is 6.95. The van der Waals surface area contributed by atoms with Crippen LogP contribution in [-0.4, -0.2) is 36.2 Å². The van der Waals surface area contributed by atoms with Gasteiger partial charge in [-0.3, -0.25) is 0 Å². The molecule has 19 heavy (non-hydrogen) atoms. The van der Waals surface area contributed by atoms with Crippen molar-refractivity contribution in [3.63, 3.8) is 0 Å². The van der Waals surface area contributed by atoms with Gasteiger partial charge in [-0.2, -0.15) is 0 Å². The standard InChI is InChI=1S/C14H22N4O/c1-19-9-12-8-13(17-14(16-12)10-2-3-10)18-6-4-11(15)5-7-18/h8,10-11H,2-7,9,15H2,1H3. The largest absolute Gasteiger partial charge is 0.378 e. The zero-order chi connectivity index (χ0) is 13.2. The second-order valence-corrected chi connectivity index (χ2v) is 5.61. The molecule has 1 saturated heterocycles. The molecule has 0 spiro atoms. The Balaban J connectivity index is 1.82. The Morgan fingerprint density at radius 3 is 2.63 bits per heavy atom. The molecular formula is C14H22N4O. The van der Waals surface area contributed by atoms with Crippen molar-refractivity contribution in [3.8, 4) is 0 Å². The van der Waals surface area contributed by atoms with Crippen molar-refractivity contribution in [2.75, 3.05) is 25.1 Å². The summed E-state index contributed by atoms with van der Waals surface area (Å²) in [6.45, 7) is 2.55. The molecule has 0 radical (unpaired) electrons. The van der Waals surface area contributed by atoms with Crippen LogP contribution in [0.4, 0.5) is 5.82 Å². The number of nitrogens with two attached hydrogens (primary N) is 1. The van der Waals surface area contributed by atoms with Gasteiger partial charge in [0.1, 0.15) is 11.6 Å². The highest BCUT2D eigenvalue weighted by Crippen LogP contribution is 2.38. The summed E-state index contributed by atoms with van der Waals surface area (Å²) in [5.74, 6) is 2.62. The van der Waals surface area contributed by atoms with Gasteiger partial charge in [0.15, 0.2) is 0 Å². The number of rotatable bonds is 4. The van der Waals surface area contributed by atoms with E-state index < -0.39 is 0 Å². The lowest BCUT2D eigenvalue weighted by Crippen LogP contribution is -2.40.